The molecular formula is C16H11Cl5IN3OS. The number of amides is 1. The lowest BCUT2D eigenvalue weighted by Crippen LogP contribution is -2.56. The molecule has 0 aromatic heterocycles. The highest BCUT2D eigenvalue weighted by Crippen LogP contribution is 2.30. The Bertz CT molecular complexity index is 845. The topological polar surface area (TPSA) is 53.2 Å². The van der Waals surface area contributed by atoms with E-state index in [1.807, 2.05) is 0 Å². The predicted molar refractivity (Wildman–Crippen MR) is 127 cm³/mol. The van der Waals surface area contributed by atoms with Gasteiger partial charge < -0.3 is 16.0 Å². The lowest BCUT2D eigenvalue weighted by Gasteiger charge is -2.28. The summed E-state index contributed by atoms with van der Waals surface area (Å²) in [5.41, 5.74) is 0.918. The minimum absolute atomic E-state index is 0.0958. The van der Waals surface area contributed by atoms with Crippen LogP contribution in [0.1, 0.15) is 10.4 Å². The number of halogens is 6. The molecule has 144 valence electrons. The third-order valence-electron chi connectivity index (χ3n) is 3.16. The van der Waals surface area contributed by atoms with Gasteiger partial charge in [0, 0.05) is 14.2 Å². The zero-order valence-corrected chi connectivity index (χ0v) is 20.0. The van der Waals surface area contributed by atoms with Crippen LogP contribution in [0.4, 0.5) is 5.69 Å². The van der Waals surface area contributed by atoms with E-state index >= 15 is 0 Å². The molecule has 4 nitrogen and oxygen atoms in total. The van der Waals surface area contributed by atoms with Crippen LogP contribution >= 0.6 is 92.8 Å². The minimum Gasteiger partial charge on any atom is -0.339 e. The van der Waals surface area contributed by atoms with Crippen molar-refractivity contribution < 1.29 is 4.79 Å². The fourth-order valence-electron chi connectivity index (χ4n) is 1.90. The van der Waals surface area contributed by atoms with Gasteiger partial charge in [0.2, 0.25) is 3.79 Å². The van der Waals surface area contributed by atoms with E-state index in [9.17, 15) is 4.79 Å². The first kappa shape index (κ1) is 23.1. The van der Waals surface area contributed by atoms with Crippen LogP contribution in [0.25, 0.3) is 0 Å². The summed E-state index contributed by atoms with van der Waals surface area (Å²) in [5, 5.41) is 9.16. The van der Waals surface area contributed by atoms with E-state index in [2.05, 4.69) is 38.5 Å². The molecule has 0 unspecified atom stereocenters. The number of thiocarbonyl (C=S) groups is 1. The van der Waals surface area contributed by atoms with Crippen LogP contribution < -0.4 is 16.0 Å². The van der Waals surface area contributed by atoms with Crippen LogP contribution in [0.2, 0.25) is 10.0 Å². The summed E-state index contributed by atoms with van der Waals surface area (Å²) in [6, 6.07) is 11.8. The van der Waals surface area contributed by atoms with Gasteiger partial charge in [0.1, 0.15) is 6.17 Å². The van der Waals surface area contributed by atoms with Crippen LogP contribution in [-0.4, -0.2) is 21.0 Å². The lowest BCUT2D eigenvalue weighted by molar-refractivity contribution is 0.0934. The van der Waals surface area contributed by atoms with E-state index in [0.29, 0.717) is 21.3 Å². The molecule has 1 atom stereocenters. The van der Waals surface area contributed by atoms with Gasteiger partial charge >= 0.3 is 0 Å². The van der Waals surface area contributed by atoms with Gasteiger partial charge in [-0.15, -0.1) is 0 Å². The maximum atomic E-state index is 12.4. The van der Waals surface area contributed by atoms with Crippen molar-refractivity contribution in [2.75, 3.05) is 5.32 Å². The van der Waals surface area contributed by atoms with Crippen molar-refractivity contribution in [1.29, 1.82) is 0 Å². The smallest absolute Gasteiger partial charge is 0.252 e. The van der Waals surface area contributed by atoms with E-state index in [0.717, 1.165) is 3.57 Å². The Morgan fingerprint density at radius 3 is 2.22 bits per heavy atom. The normalized spacial score (nSPS) is 12.2. The molecule has 0 aliphatic carbocycles. The fraction of sp³-hybridized carbons (Fsp3) is 0.125. The Morgan fingerprint density at radius 1 is 1.04 bits per heavy atom. The van der Waals surface area contributed by atoms with Gasteiger partial charge in [0.25, 0.3) is 5.91 Å². The van der Waals surface area contributed by atoms with Crippen molar-refractivity contribution in [2.45, 2.75) is 9.96 Å². The molecule has 0 bridgehead atoms. The van der Waals surface area contributed by atoms with E-state index in [1.54, 1.807) is 42.5 Å². The first-order valence-corrected chi connectivity index (χ1v) is 10.6. The number of anilines is 1. The SMILES string of the molecule is O=C(N[C@H](NC(=S)Nc1ccc(Cl)cc1Cl)C(Cl)(Cl)Cl)c1ccc(I)cc1. The largest absolute Gasteiger partial charge is 0.339 e. The van der Waals surface area contributed by atoms with Crippen molar-refractivity contribution in [3.63, 3.8) is 0 Å². The molecule has 2 aromatic carbocycles. The molecule has 0 aliphatic rings. The second-order valence-corrected chi connectivity index (χ2v) is 10.0. The number of benzene rings is 2. The number of hydrogen-bond donors (Lipinski definition) is 3. The van der Waals surface area contributed by atoms with Crippen LogP contribution in [0.5, 0.6) is 0 Å². The van der Waals surface area contributed by atoms with Crippen molar-refractivity contribution in [3.05, 3.63) is 61.6 Å². The van der Waals surface area contributed by atoms with Crippen LogP contribution in [-0.2, 0) is 0 Å². The number of carbonyl (C=O) groups is 1. The molecule has 2 aromatic rings. The molecule has 0 spiro atoms. The molecule has 0 saturated heterocycles. The van der Waals surface area contributed by atoms with Crippen molar-refractivity contribution >= 4 is 110 Å². The van der Waals surface area contributed by atoms with E-state index in [-0.39, 0.29) is 5.11 Å². The third-order valence-corrected chi connectivity index (χ3v) is 5.31. The lowest BCUT2D eigenvalue weighted by atomic mass is 10.2. The monoisotopic (exact) mass is 595 g/mol. The van der Waals surface area contributed by atoms with Crippen LogP contribution in [0.3, 0.4) is 0 Å². The summed E-state index contributed by atoms with van der Waals surface area (Å²) < 4.78 is -0.876. The maximum absolute atomic E-state index is 12.4. The molecule has 0 radical (unpaired) electrons. The molecule has 0 saturated carbocycles. The third kappa shape index (κ3) is 7.27. The average molecular weight is 598 g/mol. The van der Waals surface area contributed by atoms with E-state index < -0.39 is 15.9 Å². The molecule has 1 amide bonds. The summed E-state index contributed by atoms with van der Waals surface area (Å²) in [6.45, 7) is 0. The van der Waals surface area contributed by atoms with Gasteiger partial charge in [-0.2, -0.15) is 0 Å². The zero-order valence-electron chi connectivity index (χ0n) is 13.2. The van der Waals surface area contributed by atoms with Crippen LogP contribution in [0.15, 0.2) is 42.5 Å². The van der Waals surface area contributed by atoms with Gasteiger partial charge in [-0.3, -0.25) is 4.79 Å². The van der Waals surface area contributed by atoms with Gasteiger partial charge in [-0.05, 0) is 77.3 Å². The fourth-order valence-corrected chi connectivity index (χ4v) is 3.27. The van der Waals surface area contributed by atoms with E-state index in [1.165, 1.54) is 0 Å². The first-order valence-electron chi connectivity index (χ1n) is 7.22. The second kappa shape index (κ2) is 10.0. The van der Waals surface area contributed by atoms with Crippen molar-refractivity contribution in [3.8, 4) is 0 Å². The molecule has 0 fully saturated rings. The van der Waals surface area contributed by atoms with Gasteiger partial charge in [-0.1, -0.05) is 58.0 Å². The highest BCUT2D eigenvalue weighted by molar-refractivity contribution is 14.1. The zero-order chi connectivity index (χ0) is 20.2. The van der Waals surface area contributed by atoms with Gasteiger partial charge in [0.05, 0.1) is 10.7 Å². The number of carbonyl (C=O) groups excluding carboxylic acids is 1. The molecule has 2 rings (SSSR count). The summed E-state index contributed by atoms with van der Waals surface area (Å²) in [5.74, 6) is -0.428. The Morgan fingerprint density at radius 2 is 1.67 bits per heavy atom. The Kier molecular flexibility index (Phi) is 8.54. The van der Waals surface area contributed by atoms with Gasteiger partial charge in [0.15, 0.2) is 5.11 Å². The summed E-state index contributed by atoms with van der Waals surface area (Å²) >= 11 is 37.2. The highest BCUT2D eigenvalue weighted by Gasteiger charge is 2.35. The Labute approximate surface area is 200 Å². The average Bonchev–Trinajstić information content (AvgIpc) is 2.56. The second-order valence-electron chi connectivity index (χ2n) is 5.18. The molecule has 27 heavy (non-hydrogen) atoms. The molecule has 11 heteroatoms. The molecule has 0 aliphatic heterocycles. The predicted octanol–water partition coefficient (Wildman–Crippen LogP) is 6.01. The minimum atomic E-state index is -1.87. The Hall–Kier alpha value is -0.220. The highest BCUT2D eigenvalue weighted by atomic mass is 127. The summed E-state index contributed by atoms with van der Waals surface area (Å²) in [4.78, 5) is 12.4. The summed E-state index contributed by atoms with van der Waals surface area (Å²) in [7, 11) is 0. The number of hydrogen-bond acceptors (Lipinski definition) is 2. The first-order chi connectivity index (χ1) is 12.6. The Balaban J connectivity index is 2.08. The van der Waals surface area contributed by atoms with Crippen molar-refractivity contribution in [1.82, 2.24) is 10.6 Å². The number of nitrogens with one attached hydrogen (secondary N) is 3. The molecule has 3 N–H and O–H groups in total. The van der Waals surface area contributed by atoms with Crippen molar-refractivity contribution in [2.24, 2.45) is 0 Å². The maximum Gasteiger partial charge on any atom is 0.252 e. The number of rotatable bonds is 4. The van der Waals surface area contributed by atoms with Gasteiger partial charge in [-0.25, -0.2) is 0 Å². The quantitative estimate of drug-likeness (QED) is 0.175. The summed E-state index contributed by atoms with van der Waals surface area (Å²) in [6.07, 6.45) is -1.10. The van der Waals surface area contributed by atoms with E-state index in [4.69, 9.17) is 70.2 Å². The molecular weight excluding hydrogens is 586 g/mol. The number of alkyl halides is 3. The van der Waals surface area contributed by atoms with Crippen LogP contribution in [0, 0.1) is 3.57 Å². The molecule has 0 heterocycles. The standard InChI is InChI=1S/C16H11Cl5IN3OS/c17-9-3-6-12(11(18)7-9)23-15(27)25-14(16(19,20)21)24-13(26)8-1-4-10(22)5-2-8/h1-7,14H,(H,24,26)(H2,23,25,27)/t14-/m1/s1.